The Hall–Kier alpha value is -3.49. The smallest absolute Gasteiger partial charge is 0.253 e. The Morgan fingerprint density at radius 3 is 2.07 bits per heavy atom. The van der Waals surface area contributed by atoms with Crippen molar-refractivity contribution < 1.29 is 24.0 Å². The standard InChI is InChI=1S/C20H23N4O5/c1-12-4-6-15(7-5-12)23-20(29)14(3)22-19(28)13(2)21-16(25)10-11-24-17(26)8-9-18(24)27/h4-9,13-14H,1,10-11H2,2-3H3,(H,21,25)(H,22,28)(H,23,29)/t13-,14-/m0/s1. The normalized spacial score (nSPS) is 15.1. The number of benzene rings is 1. The van der Waals surface area contributed by atoms with Gasteiger partial charge in [0.15, 0.2) is 0 Å². The average Bonchev–Trinajstić information content (AvgIpc) is 2.99. The second kappa shape index (κ2) is 9.63. The Labute approximate surface area is 168 Å². The molecule has 0 saturated heterocycles. The van der Waals surface area contributed by atoms with Gasteiger partial charge in [0.2, 0.25) is 17.7 Å². The fraction of sp³-hybridized carbons (Fsp3) is 0.300. The van der Waals surface area contributed by atoms with Gasteiger partial charge in [0, 0.05) is 30.8 Å². The van der Waals surface area contributed by atoms with Crippen molar-refractivity contribution in [1.82, 2.24) is 15.5 Å². The van der Waals surface area contributed by atoms with Crippen LogP contribution in [0.2, 0.25) is 0 Å². The van der Waals surface area contributed by atoms with E-state index < -0.39 is 41.6 Å². The zero-order chi connectivity index (χ0) is 21.6. The summed E-state index contributed by atoms with van der Waals surface area (Å²) in [5.41, 5.74) is 1.38. The quantitative estimate of drug-likeness (QED) is 0.536. The maximum Gasteiger partial charge on any atom is 0.253 e. The first-order valence-electron chi connectivity index (χ1n) is 9.03. The minimum atomic E-state index is -0.897. The zero-order valence-electron chi connectivity index (χ0n) is 16.2. The first kappa shape index (κ1) is 21.8. The molecule has 0 bridgehead atoms. The monoisotopic (exact) mass is 399 g/mol. The molecule has 1 aromatic rings. The minimum Gasteiger partial charge on any atom is -0.345 e. The van der Waals surface area contributed by atoms with E-state index in [0.29, 0.717) is 5.69 Å². The third-order valence-corrected chi connectivity index (χ3v) is 4.21. The highest BCUT2D eigenvalue weighted by atomic mass is 16.2. The van der Waals surface area contributed by atoms with Gasteiger partial charge in [-0.3, -0.25) is 28.9 Å². The molecule has 9 nitrogen and oxygen atoms in total. The van der Waals surface area contributed by atoms with Crippen molar-refractivity contribution >= 4 is 35.2 Å². The highest BCUT2D eigenvalue weighted by Gasteiger charge is 2.25. The van der Waals surface area contributed by atoms with Gasteiger partial charge in [0.25, 0.3) is 11.8 Å². The number of carbonyl (C=O) groups is 5. The van der Waals surface area contributed by atoms with Crippen molar-refractivity contribution in [3.8, 4) is 0 Å². The summed E-state index contributed by atoms with van der Waals surface area (Å²) in [4.78, 5) is 60.2. The molecule has 3 N–H and O–H groups in total. The molecular formula is C20H23N4O5. The molecule has 1 aliphatic rings. The second-order valence-electron chi connectivity index (χ2n) is 6.62. The van der Waals surface area contributed by atoms with Gasteiger partial charge in [-0.2, -0.15) is 0 Å². The molecule has 1 radical (unpaired) electrons. The summed E-state index contributed by atoms with van der Waals surface area (Å²) >= 11 is 0. The highest BCUT2D eigenvalue weighted by Crippen LogP contribution is 2.09. The third-order valence-electron chi connectivity index (χ3n) is 4.21. The molecule has 9 heteroatoms. The number of anilines is 1. The molecule has 5 amide bonds. The van der Waals surface area contributed by atoms with Crippen molar-refractivity contribution in [2.75, 3.05) is 11.9 Å². The van der Waals surface area contributed by atoms with Crippen LogP contribution in [-0.4, -0.2) is 53.1 Å². The van der Waals surface area contributed by atoms with E-state index in [1.807, 2.05) is 0 Å². The van der Waals surface area contributed by atoms with Gasteiger partial charge in [-0.15, -0.1) is 0 Å². The molecule has 0 aliphatic carbocycles. The summed E-state index contributed by atoms with van der Waals surface area (Å²) in [6.07, 6.45) is 2.14. The fourth-order valence-corrected chi connectivity index (χ4v) is 2.49. The van der Waals surface area contributed by atoms with Gasteiger partial charge in [0.05, 0.1) is 0 Å². The maximum atomic E-state index is 12.2. The van der Waals surface area contributed by atoms with Gasteiger partial charge in [0.1, 0.15) is 12.1 Å². The lowest BCUT2D eigenvalue weighted by molar-refractivity contribution is -0.137. The van der Waals surface area contributed by atoms with Crippen molar-refractivity contribution in [2.24, 2.45) is 0 Å². The zero-order valence-corrected chi connectivity index (χ0v) is 16.2. The lowest BCUT2D eigenvalue weighted by atomic mass is 10.2. The molecule has 0 spiro atoms. The van der Waals surface area contributed by atoms with Gasteiger partial charge >= 0.3 is 0 Å². The maximum absolute atomic E-state index is 12.2. The number of amides is 5. The number of nitrogens with one attached hydrogen (secondary N) is 3. The molecular weight excluding hydrogens is 376 g/mol. The van der Waals surface area contributed by atoms with Crippen molar-refractivity contribution in [2.45, 2.75) is 32.4 Å². The van der Waals surface area contributed by atoms with E-state index in [1.165, 1.54) is 13.8 Å². The van der Waals surface area contributed by atoms with Crippen LogP contribution in [0, 0.1) is 6.92 Å². The summed E-state index contributed by atoms with van der Waals surface area (Å²) < 4.78 is 0. The van der Waals surface area contributed by atoms with Crippen LogP contribution >= 0.6 is 0 Å². The number of rotatable bonds is 8. The third kappa shape index (κ3) is 6.27. The van der Waals surface area contributed by atoms with Crippen LogP contribution in [-0.2, 0) is 24.0 Å². The van der Waals surface area contributed by atoms with Gasteiger partial charge < -0.3 is 16.0 Å². The van der Waals surface area contributed by atoms with Gasteiger partial charge in [-0.05, 0) is 38.5 Å². The van der Waals surface area contributed by atoms with Crippen molar-refractivity contribution in [1.29, 1.82) is 0 Å². The van der Waals surface area contributed by atoms with E-state index in [2.05, 4.69) is 22.9 Å². The number of carbonyl (C=O) groups excluding carboxylic acids is 5. The molecule has 0 aromatic heterocycles. The Kier molecular flexibility index (Phi) is 7.24. The number of imide groups is 1. The Morgan fingerprint density at radius 2 is 1.48 bits per heavy atom. The van der Waals surface area contributed by atoms with Crippen LogP contribution in [0.25, 0.3) is 0 Å². The van der Waals surface area contributed by atoms with Crippen LogP contribution in [0.1, 0.15) is 25.8 Å². The fourth-order valence-electron chi connectivity index (χ4n) is 2.49. The van der Waals surface area contributed by atoms with Gasteiger partial charge in [-0.25, -0.2) is 0 Å². The molecule has 1 heterocycles. The van der Waals surface area contributed by atoms with Crippen molar-refractivity contribution in [3.63, 3.8) is 0 Å². The summed E-state index contributed by atoms with van der Waals surface area (Å²) in [6, 6.07) is 5.16. The minimum absolute atomic E-state index is 0.0737. The largest absolute Gasteiger partial charge is 0.345 e. The molecule has 1 aliphatic heterocycles. The Balaban J connectivity index is 1.76. The molecule has 29 heavy (non-hydrogen) atoms. The number of nitrogens with zero attached hydrogens (tertiary/aromatic N) is 1. The number of hydrogen-bond donors (Lipinski definition) is 3. The molecule has 2 atom stereocenters. The van der Waals surface area contributed by atoms with E-state index in [-0.39, 0.29) is 13.0 Å². The summed E-state index contributed by atoms with van der Waals surface area (Å²) in [6.45, 7) is 6.68. The molecule has 0 unspecified atom stereocenters. The van der Waals surface area contributed by atoms with Crippen LogP contribution in [0.4, 0.5) is 5.69 Å². The number of hydrogen-bond acceptors (Lipinski definition) is 5. The summed E-state index contributed by atoms with van der Waals surface area (Å²) in [5, 5.41) is 7.66. The second-order valence-corrected chi connectivity index (χ2v) is 6.62. The van der Waals surface area contributed by atoms with Crippen LogP contribution in [0.15, 0.2) is 36.4 Å². The molecule has 1 aromatic carbocycles. The summed E-state index contributed by atoms with van der Waals surface area (Å²) in [5.74, 6) is -2.39. The van der Waals surface area contributed by atoms with Crippen molar-refractivity contribution in [3.05, 3.63) is 48.9 Å². The average molecular weight is 399 g/mol. The van der Waals surface area contributed by atoms with E-state index in [9.17, 15) is 24.0 Å². The van der Waals surface area contributed by atoms with E-state index in [0.717, 1.165) is 22.6 Å². The van der Waals surface area contributed by atoms with Crippen LogP contribution < -0.4 is 16.0 Å². The molecule has 0 fully saturated rings. The highest BCUT2D eigenvalue weighted by molar-refractivity contribution is 6.13. The van der Waals surface area contributed by atoms with Crippen LogP contribution in [0.3, 0.4) is 0 Å². The van der Waals surface area contributed by atoms with Crippen LogP contribution in [0.5, 0.6) is 0 Å². The predicted molar refractivity (Wildman–Crippen MR) is 105 cm³/mol. The van der Waals surface area contributed by atoms with E-state index in [1.54, 1.807) is 24.3 Å². The Bertz CT molecular complexity index is 829. The first-order chi connectivity index (χ1) is 13.7. The predicted octanol–water partition coefficient (Wildman–Crippen LogP) is 0.132. The molecule has 153 valence electrons. The molecule has 0 saturated carbocycles. The summed E-state index contributed by atoms with van der Waals surface area (Å²) in [7, 11) is 0. The first-order valence-corrected chi connectivity index (χ1v) is 9.03. The SMILES string of the molecule is [CH2]c1ccc(NC(=O)[C@H](C)NC(=O)[C@H](C)NC(=O)CCN2C(=O)C=CC2=O)cc1. The topological polar surface area (TPSA) is 125 Å². The lowest BCUT2D eigenvalue weighted by Gasteiger charge is -2.19. The van der Waals surface area contributed by atoms with Gasteiger partial charge in [-0.1, -0.05) is 12.1 Å². The molecule has 2 rings (SSSR count). The lowest BCUT2D eigenvalue weighted by Crippen LogP contribution is -2.50. The Morgan fingerprint density at radius 1 is 0.931 bits per heavy atom. The van der Waals surface area contributed by atoms with E-state index in [4.69, 9.17) is 0 Å². The van der Waals surface area contributed by atoms with E-state index >= 15 is 0 Å².